The highest BCUT2D eigenvalue weighted by atomic mass is 16.2. The Labute approximate surface area is 159 Å². The van der Waals surface area contributed by atoms with Gasteiger partial charge >= 0.3 is 6.03 Å². The molecule has 1 heterocycles. The average molecular weight is 366 g/mol. The smallest absolute Gasteiger partial charge is 0.321 e. The number of nitrogens with one attached hydrogen (secondary N) is 2. The fourth-order valence-electron chi connectivity index (χ4n) is 3.43. The highest BCUT2D eigenvalue weighted by molar-refractivity contribution is 5.96. The quantitative estimate of drug-likeness (QED) is 0.753. The Morgan fingerprint density at radius 1 is 1.07 bits per heavy atom. The molecule has 0 saturated carbocycles. The Balaban J connectivity index is 1.50. The standard InChI is InChI=1S/C21H26N4O2/c1-15(20(26)24-21(27)23-12-16-8-4-2-5-9-16)25-13-18(19(22)14-25)17-10-6-3-7-11-17/h2-11,15,18-19H,12-14,22H2,1H3,(H2,23,24,26,27)/t15?,18-,19+/m0/s1. The molecule has 0 spiro atoms. The van der Waals surface area contributed by atoms with E-state index in [1.54, 1.807) is 6.92 Å². The Morgan fingerprint density at radius 3 is 2.37 bits per heavy atom. The Kier molecular flexibility index (Phi) is 6.21. The topological polar surface area (TPSA) is 87.5 Å². The van der Waals surface area contributed by atoms with Crippen LogP contribution in [0.1, 0.15) is 24.0 Å². The van der Waals surface area contributed by atoms with Gasteiger partial charge in [0.15, 0.2) is 0 Å². The first-order valence-electron chi connectivity index (χ1n) is 9.22. The van der Waals surface area contributed by atoms with Crippen molar-refractivity contribution in [1.29, 1.82) is 0 Å². The van der Waals surface area contributed by atoms with Crippen molar-refractivity contribution in [2.45, 2.75) is 31.5 Å². The van der Waals surface area contributed by atoms with Gasteiger partial charge in [-0.2, -0.15) is 0 Å². The number of imide groups is 1. The van der Waals surface area contributed by atoms with Crippen molar-refractivity contribution in [3.8, 4) is 0 Å². The molecule has 1 saturated heterocycles. The number of nitrogens with two attached hydrogens (primary N) is 1. The van der Waals surface area contributed by atoms with Crippen molar-refractivity contribution < 1.29 is 9.59 Å². The van der Waals surface area contributed by atoms with E-state index in [2.05, 4.69) is 22.8 Å². The molecular formula is C21H26N4O2. The van der Waals surface area contributed by atoms with Gasteiger partial charge in [-0.1, -0.05) is 60.7 Å². The molecule has 27 heavy (non-hydrogen) atoms. The predicted molar refractivity (Wildman–Crippen MR) is 105 cm³/mol. The van der Waals surface area contributed by atoms with E-state index in [9.17, 15) is 9.59 Å². The molecule has 3 amide bonds. The fraction of sp³-hybridized carbons (Fsp3) is 0.333. The molecule has 2 aromatic carbocycles. The van der Waals surface area contributed by atoms with Crippen LogP contribution in [0, 0.1) is 0 Å². The average Bonchev–Trinajstić information content (AvgIpc) is 3.09. The van der Waals surface area contributed by atoms with E-state index < -0.39 is 12.1 Å². The lowest BCUT2D eigenvalue weighted by atomic mass is 9.95. The maximum Gasteiger partial charge on any atom is 0.321 e. The number of carbonyl (C=O) groups is 2. The third-order valence-corrected chi connectivity index (χ3v) is 5.08. The monoisotopic (exact) mass is 366 g/mol. The van der Waals surface area contributed by atoms with Crippen LogP contribution in [0.3, 0.4) is 0 Å². The maximum absolute atomic E-state index is 12.4. The maximum atomic E-state index is 12.4. The number of urea groups is 1. The van der Waals surface area contributed by atoms with Gasteiger partial charge in [0.2, 0.25) is 5.91 Å². The van der Waals surface area contributed by atoms with Gasteiger partial charge in [0.1, 0.15) is 0 Å². The first-order valence-corrected chi connectivity index (χ1v) is 9.22. The number of hydrogen-bond acceptors (Lipinski definition) is 4. The molecule has 3 atom stereocenters. The van der Waals surface area contributed by atoms with Crippen LogP contribution in [0.15, 0.2) is 60.7 Å². The summed E-state index contributed by atoms with van der Waals surface area (Å²) in [7, 11) is 0. The van der Waals surface area contributed by atoms with Crippen LogP contribution in [-0.2, 0) is 11.3 Å². The van der Waals surface area contributed by atoms with Crippen LogP contribution in [-0.4, -0.2) is 42.0 Å². The molecular weight excluding hydrogens is 340 g/mol. The highest BCUT2D eigenvalue weighted by Crippen LogP contribution is 2.27. The molecule has 3 rings (SSSR count). The fourth-order valence-corrected chi connectivity index (χ4v) is 3.43. The Morgan fingerprint density at radius 2 is 1.70 bits per heavy atom. The molecule has 1 unspecified atom stereocenters. The summed E-state index contributed by atoms with van der Waals surface area (Å²) in [5.41, 5.74) is 8.46. The summed E-state index contributed by atoms with van der Waals surface area (Å²) in [5.74, 6) is -0.130. The zero-order valence-corrected chi connectivity index (χ0v) is 15.5. The SMILES string of the molecule is CC(C(=O)NC(=O)NCc1ccccc1)N1C[C@@H](N)[C@H](c2ccccc2)C1. The Hall–Kier alpha value is -2.70. The van der Waals surface area contributed by atoms with Crippen molar-refractivity contribution in [1.82, 2.24) is 15.5 Å². The summed E-state index contributed by atoms with van der Waals surface area (Å²) < 4.78 is 0. The summed E-state index contributed by atoms with van der Waals surface area (Å²) in [4.78, 5) is 26.5. The lowest BCUT2D eigenvalue weighted by Gasteiger charge is -2.23. The van der Waals surface area contributed by atoms with Crippen LogP contribution in [0.25, 0.3) is 0 Å². The molecule has 142 valence electrons. The number of benzene rings is 2. The number of nitrogens with zero attached hydrogens (tertiary/aromatic N) is 1. The second kappa shape index (κ2) is 8.79. The molecule has 6 heteroatoms. The van der Waals surface area contributed by atoms with Gasteiger partial charge in [-0.3, -0.25) is 15.0 Å². The number of amides is 3. The van der Waals surface area contributed by atoms with Crippen LogP contribution >= 0.6 is 0 Å². The van der Waals surface area contributed by atoms with Crippen LogP contribution in [0.5, 0.6) is 0 Å². The van der Waals surface area contributed by atoms with Gasteiger partial charge in [-0.25, -0.2) is 4.79 Å². The van der Waals surface area contributed by atoms with Gasteiger partial charge < -0.3 is 11.1 Å². The second-order valence-electron chi connectivity index (χ2n) is 6.97. The van der Waals surface area contributed by atoms with Crippen molar-refractivity contribution in [3.63, 3.8) is 0 Å². The highest BCUT2D eigenvalue weighted by Gasteiger charge is 2.35. The van der Waals surface area contributed by atoms with Crippen LogP contribution in [0.2, 0.25) is 0 Å². The molecule has 0 aliphatic carbocycles. The van der Waals surface area contributed by atoms with Gasteiger partial charge in [0, 0.05) is 31.6 Å². The van der Waals surface area contributed by atoms with Gasteiger partial charge in [0.05, 0.1) is 6.04 Å². The van der Waals surface area contributed by atoms with E-state index in [0.717, 1.165) is 5.56 Å². The summed E-state index contributed by atoms with van der Waals surface area (Å²) in [5, 5.41) is 5.13. The van der Waals surface area contributed by atoms with Gasteiger partial charge in [0.25, 0.3) is 0 Å². The van der Waals surface area contributed by atoms with Crippen LogP contribution in [0.4, 0.5) is 4.79 Å². The van der Waals surface area contributed by atoms with Crippen molar-refractivity contribution in [2.75, 3.05) is 13.1 Å². The van der Waals surface area contributed by atoms with E-state index in [1.807, 2.05) is 53.4 Å². The van der Waals surface area contributed by atoms with E-state index in [0.29, 0.717) is 19.6 Å². The lowest BCUT2D eigenvalue weighted by molar-refractivity contribution is -0.124. The molecule has 2 aromatic rings. The molecule has 1 fully saturated rings. The first-order chi connectivity index (χ1) is 13.0. The number of hydrogen-bond donors (Lipinski definition) is 3. The van der Waals surface area contributed by atoms with Crippen molar-refractivity contribution in [2.24, 2.45) is 5.73 Å². The molecule has 0 bridgehead atoms. The number of rotatable bonds is 5. The third kappa shape index (κ3) is 4.93. The molecule has 1 aliphatic heterocycles. The number of carbonyl (C=O) groups excluding carboxylic acids is 2. The number of likely N-dealkylation sites (tertiary alicyclic amines) is 1. The zero-order valence-electron chi connectivity index (χ0n) is 15.5. The molecule has 4 N–H and O–H groups in total. The molecule has 6 nitrogen and oxygen atoms in total. The van der Waals surface area contributed by atoms with Gasteiger partial charge in [-0.15, -0.1) is 0 Å². The zero-order chi connectivity index (χ0) is 19.2. The lowest BCUT2D eigenvalue weighted by Crippen LogP contribution is -2.49. The molecule has 0 radical (unpaired) electrons. The minimum atomic E-state index is -0.487. The summed E-state index contributed by atoms with van der Waals surface area (Å²) >= 11 is 0. The van der Waals surface area contributed by atoms with E-state index in [1.165, 1.54) is 5.56 Å². The minimum Gasteiger partial charge on any atom is -0.334 e. The largest absolute Gasteiger partial charge is 0.334 e. The molecule has 1 aliphatic rings. The third-order valence-electron chi connectivity index (χ3n) is 5.08. The minimum absolute atomic E-state index is 0.0328. The van der Waals surface area contributed by atoms with Crippen LogP contribution < -0.4 is 16.4 Å². The van der Waals surface area contributed by atoms with Crippen molar-refractivity contribution >= 4 is 11.9 Å². The summed E-state index contributed by atoms with van der Waals surface area (Å²) in [6.45, 7) is 3.50. The summed E-state index contributed by atoms with van der Waals surface area (Å²) in [6.07, 6.45) is 0. The van der Waals surface area contributed by atoms with E-state index in [-0.39, 0.29) is 17.9 Å². The van der Waals surface area contributed by atoms with E-state index >= 15 is 0 Å². The molecule has 0 aromatic heterocycles. The van der Waals surface area contributed by atoms with Crippen molar-refractivity contribution in [3.05, 3.63) is 71.8 Å². The summed E-state index contributed by atoms with van der Waals surface area (Å²) in [6, 6.07) is 18.7. The first kappa shape index (κ1) is 19.1. The normalized spacial score (nSPS) is 20.8. The predicted octanol–water partition coefficient (Wildman–Crippen LogP) is 1.83. The Bertz CT molecular complexity index is 766. The van der Waals surface area contributed by atoms with E-state index in [4.69, 9.17) is 5.73 Å². The second-order valence-corrected chi connectivity index (χ2v) is 6.97. The van der Waals surface area contributed by atoms with Gasteiger partial charge in [-0.05, 0) is 18.1 Å².